The Hall–Kier alpha value is -0.610. The van der Waals surface area contributed by atoms with Gasteiger partial charge in [0.05, 0.1) is 12.3 Å². The Morgan fingerprint density at radius 3 is 2.56 bits per heavy atom. The van der Waals surface area contributed by atoms with E-state index in [4.69, 9.17) is 5.73 Å². The molecule has 1 saturated heterocycles. The maximum atomic E-state index is 12.0. The molecule has 0 aromatic heterocycles. The number of aliphatic hydroxyl groups is 1. The van der Waals surface area contributed by atoms with E-state index in [1.165, 1.54) is 32.1 Å². The van der Waals surface area contributed by atoms with Gasteiger partial charge in [-0.05, 0) is 18.8 Å². The molecular formula is C12H22N2O2. The number of hydrogen-bond donors (Lipinski definition) is 2. The summed E-state index contributed by atoms with van der Waals surface area (Å²) < 4.78 is 0. The SMILES string of the molecule is NC1CC(O)CN1C(=O)CC1CCCCC1. The van der Waals surface area contributed by atoms with Crippen molar-refractivity contribution in [3.05, 3.63) is 0 Å². The molecule has 1 aliphatic carbocycles. The molecule has 0 radical (unpaired) electrons. The van der Waals surface area contributed by atoms with Gasteiger partial charge < -0.3 is 15.7 Å². The number of nitrogens with two attached hydrogens (primary N) is 1. The van der Waals surface area contributed by atoms with Crippen LogP contribution in [-0.4, -0.2) is 34.7 Å². The van der Waals surface area contributed by atoms with Gasteiger partial charge in [0.1, 0.15) is 0 Å². The Kier molecular flexibility index (Phi) is 3.82. The van der Waals surface area contributed by atoms with E-state index in [-0.39, 0.29) is 12.1 Å². The second kappa shape index (κ2) is 5.15. The standard InChI is InChI=1S/C12H22N2O2/c13-11-7-10(15)8-14(11)12(16)6-9-4-2-1-3-5-9/h9-11,15H,1-8,13H2. The van der Waals surface area contributed by atoms with Crippen LogP contribution in [0, 0.1) is 5.92 Å². The summed E-state index contributed by atoms with van der Waals surface area (Å²) in [5.74, 6) is 0.683. The first kappa shape index (κ1) is 11.9. The Balaban J connectivity index is 1.82. The molecule has 0 aromatic carbocycles. The largest absolute Gasteiger partial charge is 0.391 e. The van der Waals surface area contributed by atoms with Crippen LogP contribution in [0.2, 0.25) is 0 Å². The molecule has 92 valence electrons. The zero-order chi connectivity index (χ0) is 11.5. The first-order valence-electron chi connectivity index (χ1n) is 6.40. The van der Waals surface area contributed by atoms with Crippen LogP contribution in [0.25, 0.3) is 0 Å². The maximum absolute atomic E-state index is 12.0. The molecule has 1 heterocycles. The molecule has 4 nitrogen and oxygen atoms in total. The van der Waals surface area contributed by atoms with Gasteiger partial charge >= 0.3 is 0 Å². The summed E-state index contributed by atoms with van der Waals surface area (Å²) >= 11 is 0. The van der Waals surface area contributed by atoms with E-state index in [0.29, 0.717) is 25.3 Å². The smallest absolute Gasteiger partial charge is 0.224 e. The van der Waals surface area contributed by atoms with Gasteiger partial charge in [-0.15, -0.1) is 0 Å². The normalized spacial score (nSPS) is 32.0. The summed E-state index contributed by atoms with van der Waals surface area (Å²) in [6, 6.07) is 0. The predicted molar refractivity (Wildman–Crippen MR) is 61.5 cm³/mol. The highest BCUT2D eigenvalue weighted by Gasteiger charge is 2.32. The molecule has 1 amide bonds. The van der Waals surface area contributed by atoms with Crippen molar-refractivity contribution in [2.24, 2.45) is 11.7 Å². The van der Waals surface area contributed by atoms with Gasteiger partial charge in [-0.2, -0.15) is 0 Å². The fourth-order valence-electron chi connectivity index (χ4n) is 2.89. The van der Waals surface area contributed by atoms with Crippen molar-refractivity contribution in [3.8, 4) is 0 Å². The summed E-state index contributed by atoms with van der Waals surface area (Å²) in [6.07, 6.45) is 6.63. The van der Waals surface area contributed by atoms with Crippen LogP contribution < -0.4 is 5.73 Å². The number of hydrogen-bond acceptors (Lipinski definition) is 3. The first-order chi connectivity index (χ1) is 7.66. The zero-order valence-corrected chi connectivity index (χ0v) is 9.77. The number of carbonyl (C=O) groups excluding carboxylic acids is 1. The number of carbonyl (C=O) groups is 1. The summed E-state index contributed by atoms with van der Waals surface area (Å²) in [7, 11) is 0. The average molecular weight is 226 g/mol. The minimum Gasteiger partial charge on any atom is -0.391 e. The molecule has 2 aliphatic rings. The van der Waals surface area contributed by atoms with Gasteiger partial charge in [0, 0.05) is 19.4 Å². The second-order valence-corrected chi connectivity index (χ2v) is 5.21. The van der Waals surface area contributed by atoms with Gasteiger partial charge in [-0.3, -0.25) is 4.79 Å². The summed E-state index contributed by atoms with van der Waals surface area (Å²) in [5, 5.41) is 9.45. The van der Waals surface area contributed by atoms with E-state index in [0.717, 1.165) is 0 Å². The van der Waals surface area contributed by atoms with Gasteiger partial charge in [0.25, 0.3) is 0 Å². The Morgan fingerprint density at radius 1 is 1.31 bits per heavy atom. The lowest BCUT2D eigenvalue weighted by Gasteiger charge is -2.26. The quantitative estimate of drug-likeness (QED) is 0.733. The van der Waals surface area contributed by atoms with Crippen LogP contribution in [0.1, 0.15) is 44.9 Å². The van der Waals surface area contributed by atoms with Gasteiger partial charge in [-0.25, -0.2) is 0 Å². The summed E-state index contributed by atoms with van der Waals surface area (Å²) in [6.45, 7) is 0.423. The lowest BCUT2D eigenvalue weighted by molar-refractivity contribution is -0.133. The van der Waals surface area contributed by atoms with E-state index in [1.807, 2.05) is 0 Å². The van der Waals surface area contributed by atoms with Crippen LogP contribution in [0.4, 0.5) is 0 Å². The van der Waals surface area contributed by atoms with Gasteiger partial charge in [0.15, 0.2) is 0 Å². The van der Waals surface area contributed by atoms with E-state index >= 15 is 0 Å². The average Bonchev–Trinajstić information content (AvgIpc) is 2.59. The van der Waals surface area contributed by atoms with Crippen molar-refractivity contribution in [1.82, 2.24) is 4.90 Å². The molecule has 2 rings (SSSR count). The summed E-state index contributed by atoms with van der Waals surface area (Å²) in [5.41, 5.74) is 5.82. The van der Waals surface area contributed by atoms with Crippen molar-refractivity contribution >= 4 is 5.91 Å². The molecule has 0 bridgehead atoms. The Morgan fingerprint density at radius 2 is 2.00 bits per heavy atom. The van der Waals surface area contributed by atoms with E-state index in [9.17, 15) is 9.90 Å². The molecule has 3 N–H and O–H groups in total. The Bertz CT molecular complexity index is 251. The van der Waals surface area contributed by atoms with Crippen LogP contribution in [-0.2, 0) is 4.79 Å². The molecular weight excluding hydrogens is 204 g/mol. The van der Waals surface area contributed by atoms with Gasteiger partial charge in [-0.1, -0.05) is 19.3 Å². The number of β-amino-alcohol motifs (C(OH)–C–C–N with tert-alkyl or cyclic N) is 1. The number of amides is 1. The number of rotatable bonds is 2. The number of aliphatic hydroxyl groups excluding tert-OH is 1. The fraction of sp³-hybridized carbons (Fsp3) is 0.917. The molecule has 0 aromatic rings. The Labute approximate surface area is 96.8 Å². The van der Waals surface area contributed by atoms with Crippen LogP contribution in [0.3, 0.4) is 0 Å². The first-order valence-corrected chi connectivity index (χ1v) is 6.40. The highest BCUT2D eigenvalue weighted by Crippen LogP contribution is 2.27. The maximum Gasteiger partial charge on any atom is 0.224 e. The van der Waals surface area contributed by atoms with Crippen molar-refractivity contribution in [3.63, 3.8) is 0 Å². The second-order valence-electron chi connectivity index (χ2n) is 5.21. The van der Waals surface area contributed by atoms with Crippen LogP contribution in [0.5, 0.6) is 0 Å². The van der Waals surface area contributed by atoms with E-state index in [1.54, 1.807) is 4.90 Å². The minimum absolute atomic E-state index is 0.135. The van der Waals surface area contributed by atoms with Crippen molar-refractivity contribution < 1.29 is 9.90 Å². The van der Waals surface area contributed by atoms with E-state index < -0.39 is 6.10 Å². The third-order valence-corrected chi connectivity index (χ3v) is 3.83. The molecule has 4 heteroatoms. The lowest BCUT2D eigenvalue weighted by Crippen LogP contribution is -2.41. The topological polar surface area (TPSA) is 66.6 Å². The summed E-state index contributed by atoms with van der Waals surface area (Å²) in [4.78, 5) is 13.7. The highest BCUT2D eigenvalue weighted by molar-refractivity contribution is 5.77. The fourth-order valence-corrected chi connectivity index (χ4v) is 2.89. The van der Waals surface area contributed by atoms with Crippen molar-refractivity contribution in [2.45, 2.75) is 57.2 Å². The number of likely N-dealkylation sites (tertiary alicyclic amines) is 1. The van der Waals surface area contributed by atoms with Crippen molar-refractivity contribution in [1.29, 1.82) is 0 Å². The molecule has 16 heavy (non-hydrogen) atoms. The van der Waals surface area contributed by atoms with Crippen LogP contribution in [0.15, 0.2) is 0 Å². The predicted octanol–water partition coefficient (Wildman–Crippen LogP) is 0.835. The van der Waals surface area contributed by atoms with Gasteiger partial charge in [0.2, 0.25) is 5.91 Å². The molecule has 1 aliphatic heterocycles. The third-order valence-electron chi connectivity index (χ3n) is 3.83. The number of nitrogens with zero attached hydrogens (tertiary/aromatic N) is 1. The third kappa shape index (κ3) is 2.74. The van der Waals surface area contributed by atoms with Crippen LogP contribution >= 0.6 is 0 Å². The minimum atomic E-state index is -0.426. The lowest BCUT2D eigenvalue weighted by atomic mass is 9.86. The molecule has 2 atom stereocenters. The molecule has 0 spiro atoms. The zero-order valence-electron chi connectivity index (χ0n) is 9.77. The molecule has 1 saturated carbocycles. The monoisotopic (exact) mass is 226 g/mol. The highest BCUT2D eigenvalue weighted by atomic mass is 16.3. The molecule has 2 unspecified atom stereocenters. The van der Waals surface area contributed by atoms with E-state index in [2.05, 4.69) is 0 Å². The molecule has 2 fully saturated rings. The van der Waals surface area contributed by atoms with Crippen molar-refractivity contribution in [2.75, 3.05) is 6.54 Å².